The fourth-order valence-corrected chi connectivity index (χ4v) is 3.78. The molecule has 1 unspecified atom stereocenters. The van der Waals surface area contributed by atoms with Gasteiger partial charge in [0.1, 0.15) is 28.7 Å². The molecule has 2 N–H and O–H groups in total. The molecule has 3 rings (SSSR count). The van der Waals surface area contributed by atoms with Crippen molar-refractivity contribution in [3.8, 4) is 11.5 Å². The van der Waals surface area contributed by atoms with Crippen LogP contribution in [0.1, 0.15) is 68.9 Å². The second kappa shape index (κ2) is 7.24. The van der Waals surface area contributed by atoms with Gasteiger partial charge < -0.3 is 19.4 Å². The maximum atomic E-state index is 13.0. The van der Waals surface area contributed by atoms with Crippen LogP contribution in [0.4, 0.5) is 0 Å². The van der Waals surface area contributed by atoms with Gasteiger partial charge in [-0.25, -0.2) is 4.79 Å². The van der Waals surface area contributed by atoms with Gasteiger partial charge in [-0.2, -0.15) is 0 Å². The molecule has 1 aliphatic heterocycles. The molecule has 28 heavy (non-hydrogen) atoms. The zero-order chi connectivity index (χ0) is 20.8. The fraction of sp³-hybridized carbons (Fsp3) is 0.545. The van der Waals surface area contributed by atoms with Crippen molar-refractivity contribution in [2.75, 3.05) is 0 Å². The molecule has 1 aromatic heterocycles. The first kappa shape index (κ1) is 20.4. The predicted octanol–water partition coefficient (Wildman–Crippen LogP) is 3.75. The SMILES string of the molecule is CCCc1cc(=O)oc2c3c(c(C(=O)CC(C)C)c(O)c12)OC(C(C)(C)O)C3. The highest BCUT2D eigenvalue weighted by atomic mass is 16.5. The molecule has 0 amide bonds. The molecule has 2 heterocycles. The van der Waals surface area contributed by atoms with Gasteiger partial charge in [-0.15, -0.1) is 0 Å². The number of aliphatic hydroxyl groups is 1. The number of rotatable bonds is 6. The van der Waals surface area contributed by atoms with Gasteiger partial charge in [-0.3, -0.25) is 4.79 Å². The van der Waals surface area contributed by atoms with E-state index in [1.807, 2.05) is 20.8 Å². The van der Waals surface area contributed by atoms with E-state index in [9.17, 15) is 19.8 Å². The van der Waals surface area contributed by atoms with Gasteiger partial charge in [-0.05, 0) is 31.7 Å². The van der Waals surface area contributed by atoms with E-state index in [0.717, 1.165) is 6.42 Å². The van der Waals surface area contributed by atoms with E-state index in [4.69, 9.17) is 9.15 Å². The Morgan fingerprint density at radius 3 is 2.61 bits per heavy atom. The van der Waals surface area contributed by atoms with Gasteiger partial charge in [0.2, 0.25) is 0 Å². The molecule has 2 aromatic rings. The number of benzene rings is 1. The second-order valence-corrected chi connectivity index (χ2v) is 8.56. The summed E-state index contributed by atoms with van der Waals surface area (Å²) >= 11 is 0. The van der Waals surface area contributed by atoms with E-state index >= 15 is 0 Å². The third-order valence-electron chi connectivity index (χ3n) is 5.12. The summed E-state index contributed by atoms with van der Waals surface area (Å²) in [5.74, 6) is -0.105. The third kappa shape index (κ3) is 3.53. The number of Topliss-reactive ketones (excluding diaryl/α,β-unsaturated/α-hetero) is 1. The highest BCUT2D eigenvalue weighted by molar-refractivity contribution is 6.08. The number of aromatic hydroxyl groups is 1. The molecule has 6 nitrogen and oxygen atoms in total. The maximum absolute atomic E-state index is 13.0. The van der Waals surface area contributed by atoms with Crippen LogP contribution in [0.25, 0.3) is 11.0 Å². The van der Waals surface area contributed by atoms with Crippen molar-refractivity contribution in [2.24, 2.45) is 5.92 Å². The summed E-state index contributed by atoms with van der Waals surface area (Å²) in [6, 6.07) is 1.37. The van der Waals surface area contributed by atoms with Gasteiger partial charge in [0.05, 0.1) is 11.0 Å². The van der Waals surface area contributed by atoms with Crippen molar-refractivity contribution < 1.29 is 24.2 Å². The Labute approximate surface area is 164 Å². The lowest BCUT2D eigenvalue weighted by Crippen LogP contribution is -2.39. The molecule has 0 bridgehead atoms. The average Bonchev–Trinajstić information content (AvgIpc) is 2.99. The van der Waals surface area contributed by atoms with Crippen molar-refractivity contribution in [3.05, 3.63) is 33.2 Å². The zero-order valence-corrected chi connectivity index (χ0v) is 17.1. The van der Waals surface area contributed by atoms with Crippen LogP contribution in [0.5, 0.6) is 11.5 Å². The number of hydrogen-bond donors (Lipinski definition) is 2. The molecule has 0 saturated heterocycles. The lowest BCUT2D eigenvalue weighted by atomic mass is 9.91. The van der Waals surface area contributed by atoms with E-state index in [1.54, 1.807) is 13.8 Å². The normalized spacial score (nSPS) is 16.5. The zero-order valence-electron chi connectivity index (χ0n) is 17.1. The molecule has 0 saturated carbocycles. The average molecular weight is 388 g/mol. The monoisotopic (exact) mass is 388 g/mol. The Morgan fingerprint density at radius 2 is 2.04 bits per heavy atom. The van der Waals surface area contributed by atoms with Crippen molar-refractivity contribution in [1.29, 1.82) is 0 Å². The van der Waals surface area contributed by atoms with Crippen LogP contribution in [0.15, 0.2) is 15.3 Å². The summed E-state index contributed by atoms with van der Waals surface area (Å²) in [5, 5.41) is 21.9. The Bertz CT molecular complexity index is 977. The highest BCUT2D eigenvalue weighted by Gasteiger charge is 2.40. The van der Waals surface area contributed by atoms with Gasteiger partial charge >= 0.3 is 5.63 Å². The van der Waals surface area contributed by atoms with Crippen molar-refractivity contribution >= 4 is 16.8 Å². The number of phenols is 1. The van der Waals surface area contributed by atoms with E-state index in [1.165, 1.54) is 6.07 Å². The number of ketones is 1. The van der Waals surface area contributed by atoms with E-state index in [2.05, 4.69) is 0 Å². The molecule has 6 heteroatoms. The van der Waals surface area contributed by atoms with Crippen LogP contribution in [-0.4, -0.2) is 27.7 Å². The topological polar surface area (TPSA) is 97.0 Å². The Morgan fingerprint density at radius 1 is 1.36 bits per heavy atom. The molecule has 0 spiro atoms. The molecule has 0 radical (unpaired) electrons. The fourth-order valence-electron chi connectivity index (χ4n) is 3.78. The minimum absolute atomic E-state index is 0.105. The first-order valence-corrected chi connectivity index (χ1v) is 9.81. The highest BCUT2D eigenvalue weighted by Crippen LogP contribution is 2.47. The molecule has 0 fully saturated rings. The van der Waals surface area contributed by atoms with Crippen LogP contribution < -0.4 is 10.4 Å². The molecular formula is C22H28O6. The Hall–Kier alpha value is -2.34. The first-order valence-electron chi connectivity index (χ1n) is 9.81. The van der Waals surface area contributed by atoms with Crippen molar-refractivity contribution in [3.63, 3.8) is 0 Å². The third-order valence-corrected chi connectivity index (χ3v) is 5.12. The maximum Gasteiger partial charge on any atom is 0.336 e. The van der Waals surface area contributed by atoms with Crippen LogP contribution >= 0.6 is 0 Å². The quantitative estimate of drug-likeness (QED) is 0.578. The number of carbonyl (C=O) groups excluding carboxylic acids is 1. The number of hydrogen-bond acceptors (Lipinski definition) is 6. The Balaban J connectivity index is 2.35. The lowest BCUT2D eigenvalue weighted by Gasteiger charge is -2.25. The summed E-state index contributed by atoms with van der Waals surface area (Å²) < 4.78 is 11.4. The minimum atomic E-state index is -1.17. The predicted molar refractivity (Wildman–Crippen MR) is 106 cm³/mol. The molecule has 1 aliphatic rings. The van der Waals surface area contributed by atoms with Gasteiger partial charge in [-0.1, -0.05) is 27.2 Å². The first-order chi connectivity index (χ1) is 13.0. The second-order valence-electron chi connectivity index (χ2n) is 8.56. The molecular weight excluding hydrogens is 360 g/mol. The van der Waals surface area contributed by atoms with Gasteiger partial charge in [0, 0.05) is 24.5 Å². The van der Waals surface area contributed by atoms with E-state index in [0.29, 0.717) is 22.9 Å². The summed E-state index contributed by atoms with van der Waals surface area (Å²) in [4.78, 5) is 25.1. The number of ether oxygens (including phenoxy) is 1. The van der Waals surface area contributed by atoms with E-state index < -0.39 is 17.3 Å². The van der Waals surface area contributed by atoms with Gasteiger partial charge in [0.25, 0.3) is 0 Å². The smallest absolute Gasteiger partial charge is 0.336 e. The summed E-state index contributed by atoms with van der Waals surface area (Å²) in [6.07, 6.45) is 1.27. The van der Waals surface area contributed by atoms with Crippen molar-refractivity contribution in [2.45, 2.75) is 72.0 Å². The van der Waals surface area contributed by atoms with Crippen LogP contribution in [-0.2, 0) is 12.8 Å². The number of phenolic OH excluding ortho intramolecular Hbond substituents is 1. The lowest BCUT2D eigenvalue weighted by molar-refractivity contribution is -0.0232. The Kier molecular flexibility index (Phi) is 5.28. The van der Waals surface area contributed by atoms with Crippen LogP contribution in [0.3, 0.4) is 0 Å². The van der Waals surface area contributed by atoms with Crippen LogP contribution in [0, 0.1) is 5.92 Å². The number of carbonyl (C=O) groups is 1. The minimum Gasteiger partial charge on any atom is -0.506 e. The summed E-state index contributed by atoms with van der Waals surface area (Å²) in [5.41, 5.74) is -0.0990. The summed E-state index contributed by atoms with van der Waals surface area (Å²) in [7, 11) is 0. The number of aryl methyl sites for hydroxylation is 1. The van der Waals surface area contributed by atoms with E-state index in [-0.39, 0.29) is 47.2 Å². The standard InChI is InChI=1S/C22H28O6/c1-6-7-12-9-16(24)28-20-13-10-15(22(4,5)26)27-21(13)18(19(25)17(12)20)14(23)8-11(2)3/h9,11,15,25-26H,6-8,10H2,1-5H3. The molecule has 152 valence electrons. The van der Waals surface area contributed by atoms with Crippen LogP contribution in [0.2, 0.25) is 0 Å². The largest absolute Gasteiger partial charge is 0.506 e. The number of fused-ring (bicyclic) bond motifs is 3. The molecule has 1 atom stereocenters. The van der Waals surface area contributed by atoms with Crippen molar-refractivity contribution in [1.82, 2.24) is 0 Å². The molecule has 1 aromatic carbocycles. The summed E-state index contributed by atoms with van der Waals surface area (Å²) in [6.45, 7) is 9.08. The molecule has 0 aliphatic carbocycles. The van der Waals surface area contributed by atoms with Gasteiger partial charge in [0.15, 0.2) is 5.78 Å².